The van der Waals surface area contributed by atoms with Gasteiger partial charge in [-0.25, -0.2) is 15.0 Å². The van der Waals surface area contributed by atoms with Gasteiger partial charge in [-0.3, -0.25) is 4.79 Å². The molecule has 0 spiro atoms. The Morgan fingerprint density at radius 1 is 1.10 bits per heavy atom. The van der Waals surface area contributed by atoms with Gasteiger partial charge in [-0.1, -0.05) is 17.7 Å². The third-order valence-electron chi connectivity index (χ3n) is 7.88. The van der Waals surface area contributed by atoms with Crippen LogP contribution in [0.15, 0.2) is 48.8 Å². The third-order valence-corrected chi connectivity index (χ3v) is 8.11. The van der Waals surface area contributed by atoms with Crippen LogP contribution in [-0.4, -0.2) is 50.3 Å². The Bertz CT molecular complexity index is 1530. The summed E-state index contributed by atoms with van der Waals surface area (Å²) in [5.74, 6) is 0.673. The van der Waals surface area contributed by atoms with Crippen LogP contribution in [0.25, 0.3) is 22.2 Å². The fourth-order valence-corrected chi connectivity index (χ4v) is 6.29. The molecule has 3 heterocycles. The monoisotopic (exact) mass is 553 g/mol. The standard InChI is InChI=1S/C28H26ClF2N5O3/c1-15-34-22-6-4-16(9-23(22)36(15)14-19-8-21(29)5-7-24(19)39-27(30)31)20-10-32-28(33-11-20)35-12-17-2-3-18(13-35)25(17)26(37)38/h4-11,17-18,25,27H,2-3,12-14H2,1H3,(H,37,38)/t17-,18+,25?. The number of anilines is 1. The van der Waals surface area contributed by atoms with Crippen molar-refractivity contribution in [3.8, 4) is 16.9 Å². The number of carbonyl (C=O) groups is 1. The highest BCUT2D eigenvalue weighted by Crippen LogP contribution is 2.42. The van der Waals surface area contributed by atoms with Crippen molar-refractivity contribution in [1.29, 1.82) is 0 Å². The SMILES string of the molecule is Cc1nc2ccc(-c3cnc(N4C[C@H]5CC[C@@H](C4)C5C(=O)O)nc3)cc2n1Cc1cc(Cl)ccc1OC(F)F. The molecule has 0 radical (unpaired) electrons. The van der Waals surface area contributed by atoms with Crippen LogP contribution in [0.3, 0.4) is 0 Å². The molecule has 4 aromatic rings. The first-order chi connectivity index (χ1) is 18.8. The maximum atomic E-state index is 13.0. The van der Waals surface area contributed by atoms with Crippen molar-refractivity contribution in [2.75, 3.05) is 18.0 Å². The summed E-state index contributed by atoms with van der Waals surface area (Å²) in [6, 6.07) is 10.4. The maximum Gasteiger partial charge on any atom is 0.387 e. The zero-order valence-electron chi connectivity index (χ0n) is 21.1. The molecule has 8 nitrogen and oxygen atoms in total. The number of nitrogens with zero attached hydrogens (tertiary/aromatic N) is 5. The summed E-state index contributed by atoms with van der Waals surface area (Å²) in [4.78, 5) is 27.6. The topological polar surface area (TPSA) is 93.4 Å². The largest absolute Gasteiger partial charge is 0.481 e. The number of hydrogen-bond donors (Lipinski definition) is 1. The zero-order valence-corrected chi connectivity index (χ0v) is 21.9. The molecule has 1 N–H and O–H groups in total. The number of carboxylic acids is 1. The molecule has 2 fully saturated rings. The zero-order chi connectivity index (χ0) is 27.3. The van der Waals surface area contributed by atoms with E-state index in [9.17, 15) is 18.7 Å². The van der Waals surface area contributed by atoms with Gasteiger partial charge in [0.25, 0.3) is 0 Å². The predicted octanol–water partition coefficient (Wildman–Crippen LogP) is 5.65. The van der Waals surface area contributed by atoms with E-state index in [-0.39, 0.29) is 30.0 Å². The molecule has 202 valence electrons. The van der Waals surface area contributed by atoms with Gasteiger partial charge in [0.1, 0.15) is 11.6 Å². The maximum absolute atomic E-state index is 13.0. The first-order valence-electron chi connectivity index (χ1n) is 12.8. The highest BCUT2D eigenvalue weighted by atomic mass is 35.5. The Morgan fingerprint density at radius 2 is 1.82 bits per heavy atom. The van der Waals surface area contributed by atoms with Crippen LogP contribution >= 0.6 is 11.6 Å². The van der Waals surface area contributed by atoms with E-state index in [0.717, 1.165) is 40.8 Å². The van der Waals surface area contributed by atoms with Crippen molar-refractivity contribution in [2.45, 2.75) is 32.9 Å². The number of rotatable bonds is 7. The number of imidazole rings is 1. The normalized spacial score (nSPS) is 20.6. The molecule has 1 aliphatic carbocycles. The number of carboxylic acid groups (broad SMARTS) is 1. The lowest BCUT2D eigenvalue weighted by molar-refractivity contribution is -0.144. The Labute approximate surface area is 228 Å². The van der Waals surface area contributed by atoms with Crippen LogP contribution in [-0.2, 0) is 11.3 Å². The van der Waals surface area contributed by atoms with E-state index in [4.69, 9.17) is 16.3 Å². The lowest BCUT2D eigenvalue weighted by Gasteiger charge is -2.35. The molecule has 2 aromatic carbocycles. The molecule has 2 aliphatic rings. The van der Waals surface area contributed by atoms with Crippen LogP contribution in [0.5, 0.6) is 5.75 Å². The van der Waals surface area contributed by atoms with Crippen molar-refractivity contribution in [1.82, 2.24) is 19.5 Å². The average molecular weight is 554 g/mol. The number of aryl methyl sites for hydroxylation is 1. The summed E-state index contributed by atoms with van der Waals surface area (Å²) in [6.07, 6.45) is 5.39. The summed E-state index contributed by atoms with van der Waals surface area (Å²) in [6.45, 7) is 0.462. The van der Waals surface area contributed by atoms with Crippen LogP contribution < -0.4 is 9.64 Å². The van der Waals surface area contributed by atoms with Gasteiger partial charge in [0.15, 0.2) is 0 Å². The fraction of sp³-hybridized carbons (Fsp3) is 0.357. The first kappa shape index (κ1) is 25.5. The van der Waals surface area contributed by atoms with E-state index in [0.29, 0.717) is 29.6 Å². The average Bonchev–Trinajstić information content (AvgIpc) is 3.37. The van der Waals surface area contributed by atoms with Gasteiger partial charge in [-0.05, 0) is 67.5 Å². The predicted molar refractivity (Wildman–Crippen MR) is 142 cm³/mol. The lowest BCUT2D eigenvalue weighted by atomic mass is 9.85. The van der Waals surface area contributed by atoms with Crippen molar-refractivity contribution in [3.63, 3.8) is 0 Å². The van der Waals surface area contributed by atoms with Crippen molar-refractivity contribution < 1.29 is 23.4 Å². The molecule has 1 saturated carbocycles. The molecule has 0 amide bonds. The number of ether oxygens (including phenoxy) is 1. The van der Waals surface area contributed by atoms with Gasteiger partial charge in [-0.2, -0.15) is 8.78 Å². The Balaban J connectivity index is 1.27. The second-order valence-electron chi connectivity index (χ2n) is 10.2. The molecular formula is C28H26ClF2N5O3. The minimum Gasteiger partial charge on any atom is -0.481 e. The molecule has 2 aromatic heterocycles. The number of halogens is 3. The highest BCUT2D eigenvalue weighted by molar-refractivity contribution is 6.30. The molecule has 11 heteroatoms. The summed E-state index contributed by atoms with van der Waals surface area (Å²) in [5.41, 5.74) is 3.81. The number of aliphatic carboxylic acids is 1. The van der Waals surface area contributed by atoms with Crippen LogP contribution in [0, 0.1) is 24.7 Å². The number of benzene rings is 2. The van der Waals surface area contributed by atoms with Crippen LogP contribution in [0.4, 0.5) is 14.7 Å². The van der Waals surface area contributed by atoms with E-state index < -0.39 is 12.6 Å². The second kappa shape index (κ2) is 10.1. The molecule has 2 bridgehead atoms. The van der Waals surface area contributed by atoms with Gasteiger partial charge < -0.3 is 19.3 Å². The molecular weight excluding hydrogens is 528 g/mol. The number of alkyl halides is 2. The molecule has 39 heavy (non-hydrogen) atoms. The molecule has 6 rings (SSSR count). The minimum atomic E-state index is -2.95. The van der Waals surface area contributed by atoms with Crippen molar-refractivity contribution in [2.24, 2.45) is 17.8 Å². The van der Waals surface area contributed by atoms with E-state index in [2.05, 4.69) is 19.9 Å². The second-order valence-corrected chi connectivity index (χ2v) is 10.7. The van der Waals surface area contributed by atoms with Crippen molar-refractivity contribution in [3.05, 3.63) is 65.2 Å². The first-order valence-corrected chi connectivity index (χ1v) is 13.1. The smallest absolute Gasteiger partial charge is 0.387 e. The van der Waals surface area contributed by atoms with E-state index >= 15 is 0 Å². The molecule has 1 aliphatic heterocycles. The van der Waals surface area contributed by atoms with Crippen LogP contribution in [0.1, 0.15) is 24.2 Å². The molecule has 1 unspecified atom stereocenters. The molecule has 1 saturated heterocycles. The van der Waals surface area contributed by atoms with Gasteiger partial charge in [-0.15, -0.1) is 0 Å². The van der Waals surface area contributed by atoms with Crippen molar-refractivity contribution >= 4 is 34.6 Å². The summed E-state index contributed by atoms with van der Waals surface area (Å²) >= 11 is 6.15. The van der Waals surface area contributed by atoms with Gasteiger partial charge in [0.2, 0.25) is 5.95 Å². The Kier molecular flexibility index (Phi) is 6.58. The van der Waals surface area contributed by atoms with E-state index in [1.54, 1.807) is 18.5 Å². The minimum absolute atomic E-state index is 0.0663. The Morgan fingerprint density at radius 3 is 2.49 bits per heavy atom. The fourth-order valence-electron chi connectivity index (χ4n) is 6.10. The number of hydrogen-bond acceptors (Lipinski definition) is 6. The number of piperidine rings is 1. The lowest BCUT2D eigenvalue weighted by Crippen LogP contribution is -2.45. The summed E-state index contributed by atoms with van der Waals surface area (Å²) in [5, 5.41) is 10.0. The van der Waals surface area contributed by atoms with Crippen LogP contribution in [0.2, 0.25) is 5.02 Å². The number of aromatic nitrogens is 4. The van der Waals surface area contributed by atoms with E-state index in [1.165, 1.54) is 12.1 Å². The highest BCUT2D eigenvalue weighted by Gasteiger charge is 2.46. The van der Waals surface area contributed by atoms with Gasteiger partial charge >= 0.3 is 12.6 Å². The van der Waals surface area contributed by atoms with E-state index in [1.807, 2.05) is 29.7 Å². The Hall–Kier alpha value is -3.79. The van der Waals surface area contributed by atoms with Gasteiger partial charge in [0, 0.05) is 41.6 Å². The third kappa shape index (κ3) is 4.89. The summed E-state index contributed by atoms with van der Waals surface area (Å²) in [7, 11) is 0. The number of fused-ring (bicyclic) bond motifs is 3. The quantitative estimate of drug-likeness (QED) is 0.316. The summed E-state index contributed by atoms with van der Waals surface area (Å²) < 4.78 is 32.6. The molecule has 3 atom stereocenters. The van der Waals surface area contributed by atoms with Gasteiger partial charge in [0.05, 0.1) is 23.5 Å².